The molecule has 18 heavy (non-hydrogen) atoms. The van der Waals surface area contributed by atoms with Gasteiger partial charge in [0.15, 0.2) is 0 Å². The number of rotatable bonds is 3. The topological polar surface area (TPSA) is 23.5 Å². The SMILES string of the molecule is Oc1ccc(F)c(C2CCN(CC3CC3)CC2)c1. The van der Waals surface area contributed by atoms with E-state index < -0.39 is 0 Å². The van der Waals surface area contributed by atoms with Crippen LogP contribution in [-0.4, -0.2) is 29.6 Å². The van der Waals surface area contributed by atoms with Crippen LogP contribution >= 0.6 is 0 Å². The Bertz CT molecular complexity index is 423. The molecule has 1 saturated carbocycles. The fraction of sp³-hybridized carbons (Fsp3) is 0.600. The quantitative estimate of drug-likeness (QED) is 0.889. The lowest BCUT2D eigenvalue weighted by molar-refractivity contribution is 0.203. The largest absolute Gasteiger partial charge is 0.508 e. The van der Waals surface area contributed by atoms with Gasteiger partial charge in [0.1, 0.15) is 11.6 Å². The standard InChI is InChI=1S/C15H20FNO/c16-15-4-3-13(18)9-14(15)12-5-7-17(8-6-12)10-11-1-2-11/h3-4,9,11-12,18H,1-2,5-8,10H2. The molecule has 1 saturated heterocycles. The minimum Gasteiger partial charge on any atom is -0.508 e. The zero-order chi connectivity index (χ0) is 12.5. The zero-order valence-corrected chi connectivity index (χ0v) is 10.6. The molecule has 1 aromatic carbocycles. The Morgan fingerprint density at radius 2 is 1.89 bits per heavy atom. The molecule has 2 aliphatic rings. The summed E-state index contributed by atoms with van der Waals surface area (Å²) < 4.78 is 13.7. The van der Waals surface area contributed by atoms with Crippen molar-refractivity contribution in [2.45, 2.75) is 31.6 Å². The molecule has 0 aromatic heterocycles. The molecule has 98 valence electrons. The molecule has 1 aromatic rings. The smallest absolute Gasteiger partial charge is 0.126 e. The van der Waals surface area contributed by atoms with E-state index in [1.54, 1.807) is 6.07 Å². The van der Waals surface area contributed by atoms with E-state index in [1.807, 2.05) is 0 Å². The average Bonchev–Trinajstić information content (AvgIpc) is 3.17. The first-order chi connectivity index (χ1) is 8.72. The lowest BCUT2D eigenvalue weighted by Crippen LogP contribution is -2.34. The van der Waals surface area contributed by atoms with Gasteiger partial charge in [0.05, 0.1) is 0 Å². The summed E-state index contributed by atoms with van der Waals surface area (Å²) in [5.41, 5.74) is 0.695. The Kier molecular flexibility index (Phi) is 3.25. The number of nitrogens with zero attached hydrogens (tertiary/aromatic N) is 1. The minimum atomic E-state index is -0.173. The second kappa shape index (κ2) is 4.88. The van der Waals surface area contributed by atoms with Gasteiger partial charge in [-0.15, -0.1) is 0 Å². The average molecular weight is 249 g/mol. The molecule has 0 amide bonds. The van der Waals surface area contributed by atoms with Gasteiger partial charge in [-0.25, -0.2) is 4.39 Å². The molecular formula is C15H20FNO. The summed E-state index contributed by atoms with van der Waals surface area (Å²) >= 11 is 0. The molecule has 1 aliphatic carbocycles. The molecule has 0 bridgehead atoms. The van der Waals surface area contributed by atoms with Crippen LogP contribution in [0.25, 0.3) is 0 Å². The Morgan fingerprint density at radius 3 is 2.56 bits per heavy atom. The van der Waals surface area contributed by atoms with Crippen molar-refractivity contribution >= 4 is 0 Å². The van der Waals surface area contributed by atoms with Gasteiger partial charge in [-0.2, -0.15) is 0 Å². The fourth-order valence-corrected chi connectivity index (χ4v) is 2.94. The Labute approximate surface area is 107 Å². The summed E-state index contributed by atoms with van der Waals surface area (Å²) in [7, 11) is 0. The van der Waals surface area contributed by atoms with Crippen LogP contribution in [0.2, 0.25) is 0 Å². The van der Waals surface area contributed by atoms with Crippen molar-refractivity contribution in [3.8, 4) is 5.75 Å². The highest BCUT2D eigenvalue weighted by molar-refractivity contribution is 5.31. The van der Waals surface area contributed by atoms with Gasteiger partial charge >= 0.3 is 0 Å². The first-order valence-electron chi connectivity index (χ1n) is 6.93. The van der Waals surface area contributed by atoms with Crippen molar-refractivity contribution in [2.75, 3.05) is 19.6 Å². The minimum absolute atomic E-state index is 0.173. The maximum absolute atomic E-state index is 13.7. The highest BCUT2D eigenvalue weighted by Crippen LogP contribution is 2.34. The van der Waals surface area contributed by atoms with Gasteiger partial charge in [0, 0.05) is 6.54 Å². The molecule has 0 radical (unpaired) electrons. The van der Waals surface area contributed by atoms with Crippen LogP contribution in [0, 0.1) is 11.7 Å². The molecule has 2 fully saturated rings. The second-order valence-electron chi connectivity index (χ2n) is 5.72. The van der Waals surface area contributed by atoms with Crippen LogP contribution in [0.1, 0.15) is 37.2 Å². The van der Waals surface area contributed by atoms with Crippen molar-refractivity contribution in [1.82, 2.24) is 4.90 Å². The summed E-state index contributed by atoms with van der Waals surface area (Å²) in [4.78, 5) is 2.51. The third-order valence-corrected chi connectivity index (χ3v) is 4.22. The summed E-state index contributed by atoms with van der Waals surface area (Å²) in [5.74, 6) is 1.20. The van der Waals surface area contributed by atoms with Gasteiger partial charge in [-0.05, 0) is 74.4 Å². The normalized spacial score (nSPS) is 22.3. The highest BCUT2D eigenvalue weighted by atomic mass is 19.1. The van der Waals surface area contributed by atoms with E-state index in [4.69, 9.17) is 0 Å². The van der Waals surface area contributed by atoms with Crippen molar-refractivity contribution in [2.24, 2.45) is 5.92 Å². The second-order valence-corrected chi connectivity index (χ2v) is 5.72. The van der Waals surface area contributed by atoms with E-state index in [2.05, 4.69) is 4.90 Å². The van der Waals surface area contributed by atoms with Gasteiger partial charge in [-0.3, -0.25) is 0 Å². The van der Waals surface area contributed by atoms with Crippen LogP contribution in [-0.2, 0) is 0 Å². The van der Waals surface area contributed by atoms with E-state index in [-0.39, 0.29) is 17.5 Å². The molecular weight excluding hydrogens is 229 g/mol. The molecule has 3 heteroatoms. The van der Waals surface area contributed by atoms with Crippen molar-refractivity contribution in [1.29, 1.82) is 0 Å². The lowest BCUT2D eigenvalue weighted by atomic mass is 9.89. The third-order valence-electron chi connectivity index (χ3n) is 4.22. The lowest BCUT2D eigenvalue weighted by Gasteiger charge is -2.32. The molecule has 1 aliphatic heterocycles. The van der Waals surface area contributed by atoms with Gasteiger partial charge in [0.2, 0.25) is 0 Å². The van der Waals surface area contributed by atoms with E-state index in [0.717, 1.165) is 31.8 Å². The first kappa shape index (κ1) is 12.0. The van der Waals surface area contributed by atoms with E-state index >= 15 is 0 Å². The monoisotopic (exact) mass is 249 g/mol. The van der Waals surface area contributed by atoms with Gasteiger partial charge in [-0.1, -0.05) is 0 Å². The highest BCUT2D eigenvalue weighted by Gasteiger charge is 2.28. The number of hydrogen-bond acceptors (Lipinski definition) is 2. The van der Waals surface area contributed by atoms with Crippen molar-refractivity contribution in [3.05, 3.63) is 29.6 Å². The molecule has 1 N–H and O–H groups in total. The molecule has 0 unspecified atom stereocenters. The van der Waals surface area contributed by atoms with Crippen molar-refractivity contribution < 1.29 is 9.50 Å². The number of aromatic hydroxyl groups is 1. The molecule has 1 heterocycles. The predicted molar refractivity (Wildman–Crippen MR) is 69.2 cm³/mol. The van der Waals surface area contributed by atoms with Crippen molar-refractivity contribution in [3.63, 3.8) is 0 Å². The maximum atomic E-state index is 13.7. The first-order valence-corrected chi connectivity index (χ1v) is 6.93. The van der Waals surface area contributed by atoms with Crippen LogP contribution in [0.3, 0.4) is 0 Å². The van der Waals surface area contributed by atoms with E-state index in [9.17, 15) is 9.50 Å². The Hall–Kier alpha value is -1.09. The summed E-state index contributed by atoms with van der Waals surface area (Å²) in [5, 5.41) is 9.47. The van der Waals surface area contributed by atoms with Crippen LogP contribution in [0.15, 0.2) is 18.2 Å². The number of piperidine rings is 1. The van der Waals surface area contributed by atoms with Gasteiger partial charge < -0.3 is 10.0 Å². The number of likely N-dealkylation sites (tertiary alicyclic amines) is 1. The number of phenolic OH excluding ortho intramolecular Hbond substituents is 1. The molecule has 2 nitrogen and oxygen atoms in total. The van der Waals surface area contributed by atoms with Crippen LogP contribution in [0.4, 0.5) is 4.39 Å². The third kappa shape index (κ3) is 2.66. The summed E-state index contributed by atoms with van der Waals surface area (Å²) in [6.07, 6.45) is 4.79. The maximum Gasteiger partial charge on any atom is 0.126 e. The number of phenols is 1. The summed E-state index contributed by atoms with van der Waals surface area (Å²) in [6, 6.07) is 4.39. The van der Waals surface area contributed by atoms with Gasteiger partial charge in [0.25, 0.3) is 0 Å². The Morgan fingerprint density at radius 1 is 1.17 bits per heavy atom. The van der Waals surface area contributed by atoms with E-state index in [1.165, 1.54) is 31.5 Å². The summed E-state index contributed by atoms with van der Waals surface area (Å²) in [6.45, 7) is 3.36. The zero-order valence-electron chi connectivity index (χ0n) is 10.6. The number of halogens is 1. The number of benzene rings is 1. The molecule has 3 rings (SSSR count). The number of hydrogen-bond donors (Lipinski definition) is 1. The van der Waals surface area contributed by atoms with Crippen LogP contribution < -0.4 is 0 Å². The molecule has 0 spiro atoms. The van der Waals surface area contributed by atoms with E-state index in [0.29, 0.717) is 5.56 Å². The fourth-order valence-electron chi connectivity index (χ4n) is 2.94. The molecule has 0 atom stereocenters. The Balaban J connectivity index is 1.62. The van der Waals surface area contributed by atoms with Crippen LogP contribution in [0.5, 0.6) is 5.75 Å². The predicted octanol–water partition coefficient (Wildman–Crippen LogP) is 3.12.